The molecule has 0 radical (unpaired) electrons. The van der Waals surface area contributed by atoms with E-state index in [2.05, 4.69) is 23.4 Å². The van der Waals surface area contributed by atoms with Gasteiger partial charge in [-0.2, -0.15) is 0 Å². The number of ether oxygens (including phenoxy) is 1. The van der Waals surface area contributed by atoms with Crippen LogP contribution in [-0.4, -0.2) is 44.0 Å². The Morgan fingerprint density at radius 3 is 2.93 bits per heavy atom. The Hall–Kier alpha value is -1.03. The molecule has 0 amide bonds. The molecule has 2 N–H and O–H groups in total. The van der Waals surface area contributed by atoms with Crippen molar-refractivity contribution in [1.82, 2.24) is 4.90 Å². The molecule has 0 spiro atoms. The van der Waals surface area contributed by atoms with E-state index in [-0.39, 0.29) is 0 Å². The Balaban J connectivity index is 2.34. The Bertz CT molecular complexity index is 250. The molecule has 1 fully saturated rings. The maximum absolute atomic E-state index is 5.68. The van der Waals surface area contributed by atoms with E-state index in [4.69, 9.17) is 10.5 Å². The van der Waals surface area contributed by atoms with E-state index < -0.39 is 0 Å². The van der Waals surface area contributed by atoms with E-state index in [0.717, 1.165) is 19.6 Å². The maximum atomic E-state index is 5.68. The third-order valence-electron chi connectivity index (χ3n) is 2.87. The molecule has 0 aromatic rings. The van der Waals surface area contributed by atoms with Gasteiger partial charge in [0.1, 0.15) is 0 Å². The van der Waals surface area contributed by atoms with Crippen molar-refractivity contribution in [2.24, 2.45) is 16.6 Å². The lowest BCUT2D eigenvalue weighted by atomic mass is 10.1. The van der Waals surface area contributed by atoms with Crippen LogP contribution in [0, 0.1) is 5.92 Å². The molecule has 15 heavy (non-hydrogen) atoms. The summed E-state index contributed by atoms with van der Waals surface area (Å²) in [5.41, 5.74) is 5.68. The van der Waals surface area contributed by atoms with Crippen molar-refractivity contribution in [1.29, 1.82) is 0 Å². The molecule has 1 aliphatic heterocycles. The second kappa shape index (κ2) is 5.75. The first-order valence-corrected chi connectivity index (χ1v) is 5.42. The van der Waals surface area contributed by atoms with Gasteiger partial charge >= 0.3 is 0 Å². The van der Waals surface area contributed by atoms with Crippen molar-refractivity contribution < 1.29 is 4.74 Å². The summed E-state index contributed by atoms with van der Waals surface area (Å²) in [4.78, 5) is 6.72. The molecule has 86 valence electrons. The average Bonchev–Trinajstić information content (AvgIpc) is 2.72. The highest BCUT2D eigenvalue weighted by molar-refractivity contribution is 5.94. The topological polar surface area (TPSA) is 50.9 Å². The summed E-state index contributed by atoms with van der Waals surface area (Å²) in [6, 6.07) is 0. The molecule has 1 atom stereocenters. The van der Waals surface area contributed by atoms with Gasteiger partial charge in [0.05, 0.1) is 7.11 Å². The minimum Gasteiger partial charge on any atom is -0.494 e. The fraction of sp³-hybridized carbons (Fsp3) is 0.727. The first-order valence-electron chi connectivity index (χ1n) is 5.42. The molecule has 1 heterocycles. The Labute approximate surface area is 91.8 Å². The molecular weight excluding hydrogens is 190 g/mol. The van der Waals surface area contributed by atoms with Crippen LogP contribution in [0.3, 0.4) is 0 Å². The summed E-state index contributed by atoms with van der Waals surface area (Å²) >= 11 is 0. The van der Waals surface area contributed by atoms with Gasteiger partial charge in [0.25, 0.3) is 0 Å². The third kappa shape index (κ3) is 3.55. The number of amidine groups is 1. The number of rotatable bonds is 5. The molecular formula is C11H21N3O. The second-order valence-corrected chi connectivity index (χ2v) is 3.90. The third-order valence-corrected chi connectivity index (χ3v) is 2.87. The number of aliphatic imine (C=N–C) groups is 1. The number of hydrogen-bond acceptors (Lipinski definition) is 3. The highest BCUT2D eigenvalue weighted by Gasteiger charge is 2.20. The molecule has 1 rings (SSSR count). The molecule has 4 nitrogen and oxygen atoms in total. The van der Waals surface area contributed by atoms with Crippen molar-refractivity contribution in [3.05, 3.63) is 12.3 Å². The number of methoxy groups -OCH3 is 1. The minimum atomic E-state index is 0.424. The zero-order chi connectivity index (χ0) is 11.3. The minimum absolute atomic E-state index is 0.424. The molecule has 0 aromatic heterocycles. The van der Waals surface area contributed by atoms with Crippen LogP contribution in [0.1, 0.15) is 13.3 Å². The van der Waals surface area contributed by atoms with Crippen LogP contribution in [-0.2, 0) is 4.74 Å². The molecule has 1 aliphatic rings. The smallest absolute Gasteiger partial charge is 0.160 e. The lowest BCUT2D eigenvalue weighted by Gasteiger charge is -2.11. The van der Waals surface area contributed by atoms with Crippen molar-refractivity contribution >= 4 is 5.84 Å². The molecule has 4 heteroatoms. The predicted molar refractivity (Wildman–Crippen MR) is 62.9 cm³/mol. The van der Waals surface area contributed by atoms with Crippen LogP contribution < -0.4 is 5.73 Å². The number of likely N-dealkylation sites (tertiary alicyclic amines) is 1. The maximum Gasteiger partial charge on any atom is 0.160 e. The summed E-state index contributed by atoms with van der Waals surface area (Å²) in [7, 11) is 1.55. The monoisotopic (exact) mass is 211 g/mol. The summed E-state index contributed by atoms with van der Waals surface area (Å²) in [6.45, 7) is 10.1. The van der Waals surface area contributed by atoms with Gasteiger partial charge in [0.2, 0.25) is 0 Å². The second-order valence-electron chi connectivity index (χ2n) is 3.90. The van der Waals surface area contributed by atoms with E-state index in [1.165, 1.54) is 13.0 Å². The van der Waals surface area contributed by atoms with Crippen LogP contribution in [0.2, 0.25) is 0 Å². The van der Waals surface area contributed by atoms with Gasteiger partial charge in [-0.25, -0.2) is 0 Å². The van der Waals surface area contributed by atoms with Crippen molar-refractivity contribution in [2.75, 3.05) is 33.3 Å². The summed E-state index contributed by atoms with van der Waals surface area (Å²) in [6.07, 6.45) is 1.21. The van der Waals surface area contributed by atoms with E-state index in [9.17, 15) is 0 Å². The molecule has 0 saturated carbocycles. The molecule has 0 bridgehead atoms. The van der Waals surface area contributed by atoms with Crippen molar-refractivity contribution in [3.63, 3.8) is 0 Å². The first-order chi connectivity index (χ1) is 7.17. The van der Waals surface area contributed by atoms with E-state index in [1.807, 2.05) is 0 Å². The molecule has 0 aromatic carbocycles. The molecule has 0 aliphatic carbocycles. The van der Waals surface area contributed by atoms with Gasteiger partial charge in [-0.05, 0) is 25.4 Å². The SMILES string of the molecule is C=C(OC)C(N)=NCC1CCN(CC)C1. The van der Waals surface area contributed by atoms with Crippen LogP contribution in [0.15, 0.2) is 17.3 Å². The Morgan fingerprint density at radius 1 is 1.67 bits per heavy atom. The van der Waals surface area contributed by atoms with Crippen LogP contribution in [0.25, 0.3) is 0 Å². The van der Waals surface area contributed by atoms with Gasteiger partial charge in [0, 0.05) is 13.1 Å². The highest BCUT2D eigenvalue weighted by Crippen LogP contribution is 2.15. The standard InChI is InChI=1S/C11H21N3O/c1-4-14-6-5-10(8-14)7-13-11(12)9(2)15-3/h10H,2,4-8H2,1,3H3,(H2,12,13). The Kier molecular flexibility index (Phi) is 4.62. The van der Waals surface area contributed by atoms with Gasteiger partial charge in [0.15, 0.2) is 11.6 Å². The number of nitrogens with two attached hydrogens (primary N) is 1. The summed E-state index contributed by atoms with van der Waals surface area (Å²) in [5.74, 6) is 1.51. The quantitative estimate of drug-likeness (QED) is 0.416. The van der Waals surface area contributed by atoms with Crippen molar-refractivity contribution in [3.8, 4) is 0 Å². The van der Waals surface area contributed by atoms with Crippen molar-refractivity contribution in [2.45, 2.75) is 13.3 Å². The van der Waals surface area contributed by atoms with E-state index in [0.29, 0.717) is 17.5 Å². The average molecular weight is 211 g/mol. The van der Waals surface area contributed by atoms with Crippen LogP contribution >= 0.6 is 0 Å². The van der Waals surface area contributed by atoms with Gasteiger partial charge in [-0.1, -0.05) is 13.5 Å². The van der Waals surface area contributed by atoms with Gasteiger partial charge in [-0.15, -0.1) is 0 Å². The lowest BCUT2D eigenvalue weighted by molar-refractivity contribution is 0.315. The summed E-state index contributed by atoms with van der Waals surface area (Å²) < 4.78 is 4.91. The van der Waals surface area contributed by atoms with E-state index >= 15 is 0 Å². The zero-order valence-corrected chi connectivity index (χ0v) is 9.70. The van der Waals surface area contributed by atoms with Gasteiger partial charge in [-0.3, -0.25) is 4.99 Å². The largest absolute Gasteiger partial charge is 0.494 e. The number of nitrogens with zero attached hydrogens (tertiary/aromatic N) is 2. The zero-order valence-electron chi connectivity index (χ0n) is 9.70. The highest BCUT2D eigenvalue weighted by atomic mass is 16.5. The Morgan fingerprint density at radius 2 is 2.40 bits per heavy atom. The fourth-order valence-corrected chi connectivity index (χ4v) is 1.77. The van der Waals surface area contributed by atoms with Crippen LogP contribution in [0.5, 0.6) is 0 Å². The van der Waals surface area contributed by atoms with Gasteiger partial charge < -0.3 is 15.4 Å². The predicted octanol–water partition coefficient (Wildman–Crippen LogP) is 0.846. The normalized spacial score (nSPS) is 23.1. The number of hydrogen-bond donors (Lipinski definition) is 1. The fourth-order valence-electron chi connectivity index (χ4n) is 1.77. The van der Waals surface area contributed by atoms with Crippen LogP contribution in [0.4, 0.5) is 0 Å². The lowest BCUT2D eigenvalue weighted by Crippen LogP contribution is -2.21. The summed E-state index contributed by atoms with van der Waals surface area (Å²) in [5, 5.41) is 0. The molecule has 1 unspecified atom stereocenters. The van der Waals surface area contributed by atoms with E-state index in [1.54, 1.807) is 7.11 Å². The first kappa shape index (κ1) is 12.0. The molecule has 1 saturated heterocycles.